The molecular formula is C64H73BrClN3O13S3. The highest BCUT2D eigenvalue weighted by atomic mass is 79.9. The number of phenols is 1. The van der Waals surface area contributed by atoms with Crippen molar-refractivity contribution >= 4 is 75.2 Å². The van der Waals surface area contributed by atoms with Crippen molar-refractivity contribution in [1.29, 1.82) is 0 Å². The summed E-state index contributed by atoms with van der Waals surface area (Å²) in [4.78, 5) is 45.1. The van der Waals surface area contributed by atoms with E-state index < -0.39 is 30.4 Å². The molecule has 0 unspecified atom stereocenters. The van der Waals surface area contributed by atoms with E-state index in [0.29, 0.717) is 21.7 Å². The molecule has 454 valence electrons. The van der Waals surface area contributed by atoms with E-state index in [1.54, 1.807) is 54.6 Å². The van der Waals surface area contributed by atoms with Crippen LogP contribution in [0.4, 0.5) is 0 Å². The molecule has 0 bridgehead atoms. The number of halogens is 2. The van der Waals surface area contributed by atoms with Crippen LogP contribution in [0.1, 0.15) is 109 Å². The topological polar surface area (TPSA) is 211 Å². The fourth-order valence-corrected chi connectivity index (χ4v) is 13.2. The van der Waals surface area contributed by atoms with Crippen molar-refractivity contribution in [3.05, 3.63) is 184 Å². The number of aromatic hydroxyl groups is 1. The van der Waals surface area contributed by atoms with Crippen LogP contribution in [-0.4, -0.2) is 115 Å². The Bertz CT molecular complexity index is 3580. The molecule has 6 aromatic rings. The average Bonchev–Trinajstić information content (AvgIpc) is 3.56. The van der Waals surface area contributed by atoms with E-state index in [1.165, 1.54) is 104 Å². The summed E-state index contributed by atoms with van der Waals surface area (Å²) >= 11 is 9.08. The van der Waals surface area contributed by atoms with Crippen molar-refractivity contribution in [1.82, 2.24) is 14.7 Å². The van der Waals surface area contributed by atoms with E-state index in [1.807, 2.05) is 7.05 Å². The van der Waals surface area contributed by atoms with Gasteiger partial charge in [-0.05, 0) is 194 Å². The lowest BCUT2D eigenvalue weighted by molar-refractivity contribution is 0.0836. The number of hydrogen-bond donors (Lipinski definition) is 1. The van der Waals surface area contributed by atoms with Crippen molar-refractivity contribution in [2.75, 3.05) is 52.9 Å². The van der Waals surface area contributed by atoms with Crippen LogP contribution in [-0.2, 0) is 30.4 Å². The van der Waals surface area contributed by atoms with Crippen molar-refractivity contribution in [2.24, 2.45) is 17.8 Å². The highest BCUT2D eigenvalue weighted by molar-refractivity contribution is 9.10. The normalized spacial score (nSPS) is 15.9. The number of nitrogens with zero attached hydrogens (tertiary/aromatic N) is 3. The number of likely N-dealkylation sites (tertiary alicyclic amines) is 3. The minimum atomic E-state index is -4.21. The Balaban J connectivity index is 0.000000183. The highest BCUT2D eigenvalue weighted by Gasteiger charge is 2.29. The second-order valence-electron chi connectivity index (χ2n) is 21.2. The monoisotopic (exact) mass is 1300 g/mol. The van der Waals surface area contributed by atoms with Gasteiger partial charge >= 0.3 is 30.4 Å². The van der Waals surface area contributed by atoms with Crippen LogP contribution in [0.3, 0.4) is 0 Å². The van der Waals surface area contributed by atoms with Crippen molar-refractivity contribution in [2.45, 2.75) is 92.7 Å². The number of hydrogen-bond acceptors (Lipinski definition) is 16. The second kappa shape index (κ2) is 31.3. The summed E-state index contributed by atoms with van der Waals surface area (Å²) in [5, 5.41) is 10.2. The van der Waals surface area contributed by atoms with Gasteiger partial charge in [0.25, 0.3) is 0 Å². The summed E-state index contributed by atoms with van der Waals surface area (Å²) in [5.41, 5.74) is 1.41. The predicted octanol–water partition coefficient (Wildman–Crippen LogP) is 12.9. The van der Waals surface area contributed by atoms with Gasteiger partial charge in [-0.3, -0.25) is 14.4 Å². The minimum absolute atomic E-state index is 0.00223. The van der Waals surface area contributed by atoms with E-state index in [0.717, 1.165) is 102 Å². The molecule has 9 rings (SSSR count). The van der Waals surface area contributed by atoms with Crippen molar-refractivity contribution < 1.29 is 57.3 Å². The molecule has 0 atom stereocenters. The SMILES string of the molecule is CCCC=CN1CCC(C(=O)c2cccc(OS(=O)(=O)c3ccccc3O)c2)CC1.CCCCN1CCC(C(=O)c2cccc(OS(=O)(=O)c3ccc(Cl)cc3)c2)CC1.CN1CCC(C(=O)c2cccc(OS(=O)(=O)c3ccc(Br)cc3)c2)CC1. The average molecular weight is 1300 g/mol. The summed E-state index contributed by atoms with van der Waals surface area (Å²) < 4.78 is 91.1. The molecule has 21 heteroatoms. The predicted molar refractivity (Wildman–Crippen MR) is 332 cm³/mol. The summed E-state index contributed by atoms with van der Waals surface area (Å²) in [6, 6.07) is 36.6. The van der Waals surface area contributed by atoms with Gasteiger partial charge in [0.2, 0.25) is 0 Å². The molecule has 0 radical (unpaired) electrons. The van der Waals surface area contributed by atoms with Gasteiger partial charge in [-0.2, -0.15) is 25.3 Å². The van der Waals surface area contributed by atoms with Crippen LogP contribution in [0, 0.1) is 17.8 Å². The van der Waals surface area contributed by atoms with Gasteiger partial charge in [-0.15, -0.1) is 0 Å². The first-order chi connectivity index (χ1) is 40.6. The number of rotatable bonds is 21. The lowest BCUT2D eigenvalue weighted by Crippen LogP contribution is -2.36. The Labute approximate surface area is 514 Å². The van der Waals surface area contributed by atoms with Crippen molar-refractivity contribution in [3.8, 4) is 23.0 Å². The Morgan fingerprint density at radius 1 is 0.553 bits per heavy atom. The van der Waals surface area contributed by atoms with Gasteiger partial charge in [0, 0.05) is 57.0 Å². The third kappa shape index (κ3) is 19.6. The van der Waals surface area contributed by atoms with Gasteiger partial charge in [0.1, 0.15) is 37.7 Å². The Kier molecular flexibility index (Phi) is 24.4. The summed E-state index contributed by atoms with van der Waals surface area (Å²) in [6.07, 6.45) is 13.6. The molecule has 0 saturated carbocycles. The fourth-order valence-electron chi connectivity index (χ4n) is 9.98. The zero-order chi connectivity index (χ0) is 61.2. The molecule has 0 spiro atoms. The molecule has 16 nitrogen and oxygen atoms in total. The molecule has 3 saturated heterocycles. The van der Waals surface area contributed by atoms with Crippen LogP contribution in [0.25, 0.3) is 0 Å². The summed E-state index contributed by atoms with van der Waals surface area (Å²) in [5.74, 6) is -0.116. The minimum Gasteiger partial charge on any atom is -0.506 e. The number of carbonyl (C=O) groups is 3. The Morgan fingerprint density at radius 3 is 1.42 bits per heavy atom. The molecule has 3 aliphatic heterocycles. The molecule has 3 fully saturated rings. The molecule has 85 heavy (non-hydrogen) atoms. The first-order valence-electron chi connectivity index (χ1n) is 28.5. The van der Waals surface area contributed by atoms with E-state index in [4.69, 9.17) is 24.2 Å². The van der Waals surface area contributed by atoms with Gasteiger partial charge in [-0.1, -0.05) is 109 Å². The zero-order valence-electron chi connectivity index (χ0n) is 47.9. The maximum Gasteiger partial charge on any atom is 0.342 e. The summed E-state index contributed by atoms with van der Waals surface area (Å²) in [6.45, 7) is 10.7. The fraction of sp³-hybridized carbons (Fsp3) is 0.359. The van der Waals surface area contributed by atoms with Crippen LogP contribution in [0.15, 0.2) is 177 Å². The number of benzene rings is 6. The van der Waals surface area contributed by atoms with E-state index in [9.17, 15) is 44.7 Å². The van der Waals surface area contributed by atoms with Gasteiger partial charge in [0.15, 0.2) is 17.3 Å². The highest BCUT2D eigenvalue weighted by Crippen LogP contribution is 2.31. The van der Waals surface area contributed by atoms with Crippen LogP contribution in [0.2, 0.25) is 5.02 Å². The lowest BCUT2D eigenvalue weighted by Gasteiger charge is -2.31. The molecule has 3 aliphatic rings. The standard InChI is InChI=1S/C23H27NO5S.C22H26ClNO4S.C19H20BrNO4S/c1-2-3-6-14-24-15-12-18(13-16-24)23(26)19-8-7-9-20(17-19)29-30(27,28)22-11-5-4-10-21(22)25;1-2-3-13-24-14-11-17(12-15-24)22(25)18-5-4-6-20(16-18)28-29(26,27)21-9-7-19(23)8-10-21;1-21-11-9-14(10-12-21)19(22)15-3-2-4-17(13-15)25-26(23,24)18-7-5-16(20)6-8-18/h4-11,14,17-18,25H,2-3,12-13,15-16H2,1H3;4-10,16-17H,2-3,11-15H2,1H3;2-8,13-14H,9-12H2,1H3. The largest absolute Gasteiger partial charge is 0.506 e. The van der Waals surface area contributed by atoms with Gasteiger partial charge in [-0.25, -0.2) is 0 Å². The zero-order valence-corrected chi connectivity index (χ0v) is 52.7. The first kappa shape index (κ1) is 66.1. The number of carbonyl (C=O) groups excluding carboxylic acids is 3. The van der Waals surface area contributed by atoms with Crippen molar-refractivity contribution in [3.63, 3.8) is 0 Å². The number of ketones is 3. The molecule has 6 aromatic carbocycles. The van der Waals surface area contributed by atoms with Crippen LogP contribution in [0.5, 0.6) is 23.0 Å². The molecule has 0 amide bonds. The Hall–Kier alpha value is -6.39. The smallest absolute Gasteiger partial charge is 0.342 e. The number of phenolic OH excluding ortho intramolecular Hbond substituents is 1. The third-order valence-corrected chi connectivity index (χ3v) is 19.5. The number of para-hydroxylation sites is 1. The third-order valence-electron chi connectivity index (χ3n) is 14.9. The Morgan fingerprint density at radius 2 is 0.976 bits per heavy atom. The summed E-state index contributed by atoms with van der Waals surface area (Å²) in [7, 11) is -10.1. The first-order valence-corrected chi connectivity index (χ1v) is 33.9. The molecule has 0 aromatic heterocycles. The van der Waals surface area contributed by atoms with Gasteiger partial charge < -0.3 is 32.4 Å². The second-order valence-corrected chi connectivity index (χ2v) is 27.2. The lowest BCUT2D eigenvalue weighted by atomic mass is 9.89. The quantitative estimate of drug-likeness (QED) is 0.0524. The molecule has 3 heterocycles. The number of unbranched alkanes of at least 4 members (excludes halogenated alkanes) is 2. The molecule has 1 N–H and O–H groups in total. The van der Waals surface area contributed by atoms with E-state index in [2.05, 4.69) is 56.8 Å². The maximum absolute atomic E-state index is 12.9. The molecule has 0 aliphatic carbocycles. The molecular weight excluding hydrogens is 1230 g/mol. The van der Waals surface area contributed by atoms with E-state index >= 15 is 0 Å². The van der Waals surface area contributed by atoms with Gasteiger partial charge in [0.05, 0.1) is 0 Å². The number of Topliss-reactive ketones (excluding diaryl/α,β-unsaturated/α-hetero) is 3. The number of allylic oxidation sites excluding steroid dienone is 1. The van der Waals surface area contributed by atoms with Crippen LogP contribution >= 0.6 is 27.5 Å². The maximum atomic E-state index is 12.9. The number of piperidine rings is 3. The van der Waals surface area contributed by atoms with Crippen LogP contribution < -0.4 is 12.5 Å². The van der Waals surface area contributed by atoms with E-state index in [-0.39, 0.29) is 72.8 Å².